The minimum atomic E-state index is -4.77. The van der Waals surface area contributed by atoms with E-state index in [9.17, 15) is 18.0 Å². The highest BCUT2D eigenvalue weighted by atomic mass is 19.4. The Bertz CT molecular complexity index is 728. The molecular formula is C15H15F3N2O4. The van der Waals surface area contributed by atoms with Crippen molar-refractivity contribution in [2.45, 2.75) is 12.3 Å². The summed E-state index contributed by atoms with van der Waals surface area (Å²) in [6, 6.07) is 3.94. The fourth-order valence-corrected chi connectivity index (χ4v) is 2.04. The zero-order chi connectivity index (χ0) is 17.9. The van der Waals surface area contributed by atoms with Gasteiger partial charge in [0, 0.05) is 18.8 Å². The van der Waals surface area contributed by atoms with E-state index in [0.29, 0.717) is 5.75 Å². The molecule has 0 saturated carbocycles. The van der Waals surface area contributed by atoms with Crippen molar-refractivity contribution in [3.05, 3.63) is 41.7 Å². The highest BCUT2D eigenvalue weighted by molar-refractivity contribution is 5.90. The number of alkyl halides is 3. The van der Waals surface area contributed by atoms with Crippen LogP contribution in [0.15, 0.2) is 30.6 Å². The molecule has 1 heterocycles. The minimum Gasteiger partial charge on any atom is -0.493 e. The third kappa shape index (κ3) is 3.79. The Hall–Kier alpha value is -2.71. The highest BCUT2D eigenvalue weighted by Gasteiger charge is 2.45. The molecule has 0 N–H and O–H groups in total. The van der Waals surface area contributed by atoms with Crippen molar-refractivity contribution in [2.75, 3.05) is 14.2 Å². The number of halogens is 3. The molecule has 0 aliphatic rings. The van der Waals surface area contributed by atoms with Crippen molar-refractivity contribution in [1.82, 2.24) is 9.78 Å². The van der Waals surface area contributed by atoms with Crippen LogP contribution in [0.2, 0.25) is 0 Å². The van der Waals surface area contributed by atoms with Gasteiger partial charge in [0.1, 0.15) is 0 Å². The Morgan fingerprint density at radius 3 is 2.38 bits per heavy atom. The van der Waals surface area contributed by atoms with Gasteiger partial charge in [-0.1, -0.05) is 0 Å². The van der Waals surface area contributed by atoms with Crippen LogP contribution < -0.4 is 9.47 Å². The van der Waals surface area contributed by atoms with E-state index in [1.165, 1.54) is 44.1 Å². The number of carbonyl (C=O) groups excluding carboxylic acids is 1. The maximum Gasteiger partial charge on any atom is 0.429 e. The van der Waals surface area contributed by atoms with Crippen LogP contribution in [0.5, 0.6) is 11.5 Å². The molecule has 0 fully saturated rings. The van der Waals surface area contributed by atoms with Gasteiger partial charge in [0.25, 0.3) is 0 Å². The molecular weight excluding hydrogens is 329 g/mol. The molecule has 6 nitrogen and oxygen atoms in total. The standard InChI is InChI=1S/C15H15F3N2O4/c1-20-8-10(7-19-20)13(15(16,17)18)24-14(21)9-4-5-11(22-2)12(6-9)23-3/h4-8,13H,1-3H3/t13-/m1/s1. The Labute approximate surface area is 135 Å². The molecule has 0 aliphatic heterocycles. The number of methoxy groups -OCH3 is 2. The molecule has 0 radical (unpaired) electrons. The molecule has 1 atom stereocenters. The van der Waals surface area contributed by atoms with E-state index < -0.39 is 18.2 Å². The van der Waals surface area contributed by atoms with Crippen LogP contribution in [0.1, 0.15) is 22.0 Å². The SMILES string of the molecule is COc1ccc(C(=O)O[C@H](c2cnn(C)c2)C(F)(F)F)cc1OC. The molecule has 0 saturated heterocycles. The second-order valence-corrected chi connectivity index (χ2v) is 4.84. The maximum atomic E-state index is 13.2. The number of aromatic nitrogens is 2. The number of hydrogen-bond acceptors (Lipinski definition) is 5. The zero-order valence-electron chi connectivity index (χ0n) is 13.1. The lowest BCUT2D eigenvalue weighted by Crippen LogP contribution is -2.26. The van der Waals surface area contributed by atoms with E-state index in [2.05, 4.69) is 9.84 Å². The van der Waals surface area contributed by atoms with Crippen LogP contribution in [-0.2, 0) is 11.8 Å². The van der Waals surface area contributed by atoms with Crippen LogP contribution in [0.25, 0.3) is 0 Å². The van der Waals surface area contributed by atoms with E-state index in [0.717, 1.165) is 12.4 Å². The molecule has 1 aromatic carbocycles. The zero-order valence-corrected chi connectivity index (χ0v) is 13.1. The summed E-state index contributed by atoms with van der Waals surface area (Å²) in [5, 5.41) is 3.67. The lowest BCUT2D eigenvalue weighted by molar-refractivity contribution is -0.207. The first-order valence-corrected chi connectivity index (χ1v) is 6.74. The van der Waals surface area contributed by atoms with Crippen molar-refractivity contribution in [2.24, 2.45) is 7.05 Å². The molecule has 0 bridgehead atoms. The molecule has 0 spiro atoms. The number of ether oxygens (including phenoxy) is 3. The van der Waals surface area contributed by atoms with Gasteiger partial charge in [-0.05, 0) is 18.2 Å². The molecule has 0 unspecified atom stereocenters. The molecule has 9 heteroatoms. The van der Waals surface area contributed by atoms with Gasteiger partial charge in [-0.15, -0.1) is 0 Å². The van der Waals surface area contributed by atoms with Gasteiger partial charge < -0.3 is 14.2 Å². The first kappa shape index (κ1) is 17.6. The number of rotatable bonds is 5. The van der Waals surface area contributed by atoms with Gasteiger partial charge in [0.05, 0.1) is 26.0 Å². The molecule has 0 amide bonds. The molecule has 24 heavy (non-hydrogen) atoms. The fourth-order valence-electron chi connectivity index (χ4n) is 2.04. The van der Waals surface area contributed by atoms with Crippen molar-refractivity contribution in [1.29, 1.82) is 0 Å². The summed E-state index contributed by atoms with van der Waals surface area (Å²) in [5.74, 6) is -0.590. The van der Waals surface area contributed by atoms with Crippen LogP contribution in [0.4, 0.5) is 13.2 Å². The van der Waals surface area contributed by atoms with Crippen LogP contribution in [0.3, 0.4) is 0 Å². The van der Waals surface area contributed by atoms with Crippen molar-refractivity contribution in [3.63, 3.8) is 0 Å². The van der Waals surface area contributed by atoms with E-state index >= 15 is 0 Å². The third-order valence-corrected chi connectivity index (χ3v) is 3.17. The Balaban J connectivity index is 2.28. The highest BCUT2D eigenvalue weighted by Crippen LogP contribution is 2.37. The maximum absolute atomic E-state index is 13.2. The van der Waals surface area contributed by atoms with E-state index in [1.807, 2.05) is 0 Å². The number of esters is 1. The summed E-state index contributed by atoms with van der Waals surface area (Å²) < 4.78 is 55.5. The molecule has 130 valence electrons. The van der Waals surface area contributed by atoms with Gasteiger partial charge in [-0.25, -0.2) is 4.79 Å². The molecule has 1 aromatic heterocycles. The number of benzene rings is 1. The Kier molecular flexibility index (Phi) is 5.01. The summed E-state index contributed by atoms with van der Waals surface area (Å²) in [4.78, 5) is 12.1. The summed E-state index contributed by atoms with van der Waals surface area (Å²) in [6.45, 7) is 0. The van der Waals surface area contributed by atoms with Gasteiger partial charge in [0.15, 0.2) is 11.5 Å². The smallest absolute Gasteiger partial charge is 0.429 e. The van der Waals surface area contributed by atoms with Gasteiger partial charge in [0.2, 0.25) is 6.10 Å². The summed E-state index contributed by atoms with van der Waals surface area (Å²) in [6.07, 6.45) is -5.04. The monoisotopic (exact) mass is 344 g/mol. The lowest BCUT2D eigenvalue weighted by Gasteiger charge is -2.19. The average Bonchev–Trinajstić information content (AvgIpc) is 2.96. The first-order chi connectivity index (χ1) is 11.3. The Morgan fingerprint density at radius 2 is 1.88 bits per heavy atom. The topological polar surface area (TPSA) is 62.6 Å². The predicted molar refractivity (Wildman–Crippen MR) is 77.0 cm³/mol. The van der Waals surface area contributed by atoms with Crippen molar-refractivity contribution < 1.29 is 32.2 Å². The van der Waals surface area contributed by atoms with Crippen LogP contribution in [0, 0.1) is 0 Å². The normalized spacial score (nSPS) is 12.6. The third-order valence-electron chi connectivity index (χ3n) is 3.17. The number of aryl methyl sites for hydroxylation is 1. The quantitative estimate of drug-likeness (QED) is 0.781. The Morgan fingerprint density at radius 1 is 1.21 bits per heavy atom. The second kappa shape index (κ2) is 6.81. The number of nitrogens with zero attached hydrogens (tertiary/aromatic N) is 2. The van der Waals surface area contributed by atoms with Gasteiger partial charge >= 0.3 is 12.1 Å². The second-order valence-electron chi connectivity index (χ2n) is 4.84. The van der Waals surface area contributed by atoms with E-state index in [1.54, 1.807) is 0 Å². The van der Waals surface area contributed by atoms with Crippen molar-refractivity contribution >= 4 is 5.97 Å². The lowest BCUT2D eigenvalue weighted by atomic mass is 10.1. The average molecular weight is 344 g/mol. The first-order valence-electron chi connectivity index (χ1n) is 6.74. The molecule has 2 aromatic rings. The molecule has 0 aliphatic carbocycles. The van der Waals surface area contributed by atoms with Gasteiger partial charge in [-0.2, -0.15) is 18.3 Å². The van der Waals surface area contributed by atoms with Gasteiger partial charge in [-0.3, -0.25) is 4.68 Å². The largest absolute Gasteiger partial charge is 0.493 e. The number of carbonyl (C=O) groups is 1. The summed E-state index contributed by atoms with van der Waals surface area (Å²) in [7, 11) is 4.21. The van der Waals surface area contributed by atoms with Crippen LogP contribution in [-0.4, -0.2) is 36.1 Å². The summed E-state index contributed by atoms with van der Waals surface area (Å²) >= 11 is 0. The summed E-state index contributed by atoms with van der Waals surface area (Å²) in [5.41, 5.74) is -0.357. The predicted octanol–water partition coefficient (Wildman–Crippen LogP) is 2.90. The van der Waals surface area contributed by atoms with Crippen LogP contribution >= 0.6 is 0 Å². The molecule has 2 rings (SSSR count). The van der Waals surface area contributed by atoms with E-state index in [-0.39, 0.29) is 16.9 Å². The minimum absolute atomic E-state index is 0.0919. The van der Waals surface area contributed by atoms with Crippen molar-refractivity contribution in [3.8, 4) is 11.5 Å². The number of hydrogen-bond donors (Lipinski definition) is 0. The fraction of sp³-hybridized carbons (Fsp3) is 0.333. The van der Waals surface area contributed by atoms with E-state index in [4.69, 9.17) is 9.47 Å².